The zero-order valence-corrected chi connectivity index (χ0v) is 12.3. The molecule has 7 heteroatoms. The zero-order valence-electron chi connectivity index (χ0n) is 9.55. The Morgan fingerprint density at radius 3 is 2.78 bits per heavy atom. The molecule has 0 atom stereocenters. The molecular formula is C11H7ClNNaO4. The van der Waals surface area contributed by atoms with Gasteiger partial charge < -0.3 is 19.2 Å². The van der Waals surface area contributed by atoms with E-state index in [1.165, 1.54) is 0 Å². The van der Waals surface area contributed by atoms with Crippen molar-refractivity contribution in [2.75, 3.05) is 0 Å². The SMILES string of the molecule is O=C([O-])c1cc(OCc2ccccc2Cl)no1.[Na+]. The number of aromatic carboxylic acids is 1. The first-order chi connectivity index (χ1) is 8.16. The van der Waals surface area contributed by atoms with Crippen molar-refractivity contribution in [3.63, 3.8) is 0 Å². The van der Waals surface area contributed by atoms with Crippen LogP contribution in [0, 0.1) is 0 Å². The van der Waals surface area contributed by atoms with Gasteiger partial charge in [-0.05, 0) is 11.2 Å². The van der Waals surface area contributed by atoms with Crippen molar-refractivity contribution in [1.82, 2.24) is 5.16 Å². The number of rotatable bonds is 4. The molecule has 0 bridgehead atoms. The van der Waals surface area contributed by atoms with Gasteiger partial charge in [0.05, 0.1) is 6.07 Å². The molecule has 1 aromatic heterocycles. The van der Waals surface area contributed by atoms with Crippen LogP contribution in [-0.4, -0.2) is 11.1 Å². The topological polar surface area (TPSA) is 75.4 Å². The van der Waals surface area contributed by atoms with Crippen molar-refractivity contribution in [1.29, 1.82) is 0 Å². The Bertz CT molecular complexity index is 543. The maximum absolute atomic E-state index is 10.4. The van der Waals surface area contributed by atoms with Crippen LogP contribution in [0.5, 0.6) is 5.88 Å². The average molecular weight is 276 g/mol. The monoisotopic (exact) mass is 275 g/mol. The molecule has 0 unspecified atom stereocenters. The fourth-order valence-corrected chi connectivity index (χ4v) is 1.38. The van der Waals surface area contributed by atoms with Crippen molar-refractivity contribution >= 4 is 17.6 Å². The minimum absolute atomic E-state index is 0. The summed E-state index contributed by atoms with van der Waals surface area (Å²) >= 11 is 5.92. The molecule has 0 aliphatic carbocycles. The summed E-state index contributed by atoms with van der Waals surface area (Å²) in [5.74, 6) is -1.74. The normalized spacial score (nSPS) is 9.61. The number of carboxylic acids is 1. The number of aromatic nitrogens is 1. The first-order valence-electron chi connectivity index (χ1n) is 4.71. The van der Waals surface area contributed by atoms with Gasteiger partial charge in [-0.25, -0.2) is 0 Å². The summed E-state index contributed by atoms with van der Waals surface area (Å²) in [4.78, 5) is 10.4. The molecule has 18 heavy (non-hydrogen) atoms. The van der Waals surface area contributed by atoms with Crippen LogP contribution < -0.4 is 39.4 Å². The maximum atomic E-state index is 10.4. The molecule has 1 aromatic carbocycles. The molecule has 88 valence electrons. The standard InChI is InChI=1S/C11H8ClNO4.Na/c12-8-4-2-1-3-7(8)6-16-10-5-9(11(14)15)17-13-10;/h1-5H,6H2,(H,14,15);/q;+1/p-1. The van der Waals surface area contributed by atoms with E-state index < -0.39 is 5.97 Å². The Morgan fingerprint density at radius 2 is 2.17 bits per heavy atom. The summed E-state index contributed by atoms with van der Waals surface area (Å²) in [6, 6.07) is 8.29. The Labute approximate surface area is 130 Å². The van der Waals surface area contributed by atoms with Gasteiger partial charge in [0.15, 0.2) is 5.76 Å². The molecule has 0 aliphatic rings. The summed E-state index contributed by atoms with van der Waals surface area (Å²) in [6.45, 7) is 0.179. The van der Waals surface area contributed by atoms with E-state index in [2.05, 4.69) is 9.68 Å². The molecule has 0 radical (unpaired) electrons. The van der Waals surface area contributed by atoms with Crippen LogP contribution >= 0.6 is 11.6 Å². The van der Waals surface area contributed by atoms with Gasteiger partial charge in [-0.2, -0.15) is 0 Å². The van der Waals surface area contributed by atoms with E-state index in [-0.39, 0.29) is 47.8 Å². The van der Waals surface area contributed by atoms with Gasteiger partial charge in [0, 0.05) is 10.6 Å². The van der Waals surface area contributed by atoms with Crippen LogP contribution in [0.1, 0.15) is 16.1 Å². The first-order valence-corrected chi connectivity index (χ1v) is 5.09. The predicted molar refractivity (Wildman–Crippen MR) is 56.6 cm³/mol. The van der Waals surface area contributed by atoms with Gasteiger partial charge in [0.1, 0.15) is 12.6 Å². The second-order valence-corrected chi connectivity index (χ2v) is 3.60. The largest absolute Gasteiger partial charge is 1.00 e. The molecule has 0 amide bonds. The van der Waals surface area contributed by atoms with E-state index in [1.807, 2.05) is 6.07 Å². The molecule has 5 nitrogen and oxygen atoms in total. The summed E-state index contributed by atoms with van der Waals surface area (Å²) in [5.41, 5.74) is 0.771. The number of halogens is 1. The molecule has 1 heterocycles. The van der Waals surface area contributed by atoms with E-state index in [0.29, 0.717) is 5.02 Å². The molecule has 0 saturated heterocycles. The van der Waals surface area contributed by atoms with Crippen LogP contribution in [0.15, 0.2) is 34.9 Å². The summed E-state index contributed by atoms with van der Waals surface area (Å²) < 4.78 is 9.70. The van der Waals surface area contributed by atoms with Crippen molar-refractivity contribution in [2.24, 2.45) is 0 Å². The van der Waals surface area contributed by atoms with E-state index in [4.69, 9.17) is 16.3 Å². The smallest absolute Gasteiger partial charge is 0.541 e. The predicted octanol–water partition coefficient (Wildman–Crippen LogP) is -1.73. The number of ether oxygens (including phenoxy) is 1. The third-order valence-electron chi connectivity index (χ3n) is 2.02. The second-order valence-electron chi connectivity index (χ2n) is 3.20. The van der Waals surface area contributed by atoms with Crippen molar-refractivity contribution in [3.05, 3.63) is 46.7 Å². The molecule has 0 spiro atoms. The minimum atomic E-state index is -1.44. The number of carbonyl (C=O) groups excluding carboxylic acids is 1. The van der Waals surface area contributed by atoms with Gasteiger partial charge in [0.25, 0.3) is 5.88 Å². The fourth-order valence-electron chi connectivity index (χ4n) is 1.19. The molecule has 2 aromatic rings. The zero-order chi connectivity index (χ0) is 12.3. The Morgan fingerprint density at radius 1 is 1.44 bits per heavy atom. The minimum Gasteiger partial charge on any atom is -0.541 e. The number of nitrogens with zero attached hydrogens (tertiary/aromatic N) is 1. The molecule has 0 fully saturated rings. The quantitative estimate of drug-likeness (QED) is 0.620. The molecule has 2 rings (SSSR count). The van der Waals surface area contributed by atoms with E-state index in [0.717, 1.165) is 11.6 Å². The third-order valence-corrected chi connectivity index (χ3v) is 2.39. The summed E-state index contributed by atoms with van der Waals surface area (Å²) in [6.07, 6.45) is 0. The number of hydrogen-bond donors (Lipinski definition) is 0. The second kappa shape index (κ2) is 6.80. The van der Waals surface area contributed by atoms with Gasteiger partial charge in [-0.1, -0.05) is 29.8 Å². The van der Waals surface area contributed by atoms with Crippen LogP contribution in [0.4, 0.5) is 0 Å². The van der Waals surface area contributed by atoms with Gasteiger partial charge in [-0.15, -0.1) is 0 Å². The van der Waals surface area contributed by atoms with Crippen LogP contribution in [0.3, 0.4) is 0 Å². The Hall–Kier alpha value is -1.01. The van der Waals surface area contributed by atoms with Gasteiger partial charge in [0.2, 0.25) is 0 Å². The average Bonchev–Trinajstić information content (AvgIpc) is 2.77. The number of benzene rings is 1. The Kier molecular flexibility index (Phi) is 5.68. The molecule has 0 saturated carbocycles. The van der Waals surface area contributed by atoms with Crippen molar-refractivity contribution in [3.8, 4) is 5.88 Å². The first kappa shape index (κ1) is 15.0. The molecule has 0 N–H and O–H groups in total. The van der Waals surface area contributed by atoms with Crippen LogP contribution in [0.2, 0.25) is 5.02 Å². The van der Waals surface area contributed by atoms with E-state index in [1.54, 1.807) is 18.2 Å². The van der Waals surface area contributed by atoms with Gasteiger partial charge in [-0.3, -0.25) is 0 Å². The Balaban J connectivity index is 0.00000162. The molecular weight excluding hydrogens is 269 g/mol. The third kappa shape index (κ3) is 3.74. The molecule has 0 aliphatic heterocycles. The number of hydrogen-bond acceptors (Lipinski definition) is 5. The van der Waals surface area contributed by atoms with Crippen LogP contribution in [0.25, 0.3) is 0 Å². The van der Waals surface area contributed by atoms with E-state index in [9.17, 15) is 9.90 Å². The van der Waals surface area contributed by atoms with Crippen molar-refractivity contribution in [2.45, 2.75) is 6.61 Å². The number of carbonyl (C=O) groups is 1. The summed E-state index contributed by atoms with van der Waals surface area (Å²) in [5, 5.41) is 14.4. The van der Waals surface area contributed by atoms with Crippen LogP contribution in [-0.2, 0) is 6.61 Å². The van der Waals surface area contributed by atoms with Crippen molar-refractivity contribution < 1.29 is 48.7 Å². The fraction of sp³-hybridized carbons (Fsp3) is 0.0909. The summed E-state index contributed by atoms with van der Waals surface area (Å²) in [7, 11) is 0. The van der Waals surface area contributed by atoms with E-state index >= 15 is 0 Å². The maximum Gasteiger partial charge on any atom is 1.00 e. The number of carboxylic acid groups (broad SMARTS) is 1. The van der Waals surface area contributed by atoms with Gasteiger partial charge >= 0.3 is 29.6 Å².